The van der Waals surface area contributed by atoms with E-state index in [2.05, 4.69) is 29.1 Å². The number of rotatable bonds is 3. The fourth-order valence-electron chi connectivity index (χ4n) is 1.02. The first-order chi connectivity index (χ1) is 5.64. The minimum atomic E-state index is 0.116. The lowest BCUT2D eigenvalue weighted by Gasteiger charge is -2.23. The van der Waals surface area contributed by atoms with Gasteiger partial charge in [-0.25, -0.2) is 9.97 Å². The summed E-state index contributed by atoms with van der Waals surface area (Å²) in [6.07, 6.45) is 6.21. The average Bonchev–Trinajstić information content (AvgIpc) is 2.06. The van der Waals surface area contributed by atoms with Crippen LogP contribution in [0.25, 0.3) is 0 Å². The molecule has 66 valence electrons. The fraction of sp³-hybridized carbons (Fsp3) is 0.556. The maximum Gasteiger partial charge on any atom is 0.115 e. The molecule has 0 spiro atoms. The molecular weight excluding hydrogens is 150 g/mol. The van der Waals surface area contributed by atoms with Crippen molar-refractivity contribution in [3.8, 4) is 0 Å². The first-order valence-corrected chi connectivity index (χ1v) is 4.07. The molecule has 3 nitrogen and oxygen atoms in total. The van der Waals surface area contributed by atoms with Crippen molar-refractivity contribution < 1.29 is 0 Å². The third-order valence-corrected chi connectivity index (χ3v) is 1.94. The van der Waals surface area contributed by atoms with Crippen LogP contribution in [0.1, 0.15) is 19.4 Å². The SMILES string of the molecule is CNC(C)(C)Cc1cncnc1. The van der Waals surface area contributed by atoms with E-state index in [9.17, 15) is 0 Å². The summed E-state index contributed by atoms with van der Waals surface area (Å²) in [7, 11) is 1.96. The molecule has 0 aliphatic rings. The average molecular weight is 165 g/mol. The van der Waals surface area contributed by atoms with Crippen molar-refractivity contribution in [3.63, 3.8) is 0 Å². The standard InChI is InChI=1S/C9H15N3/c1-9(2,10-3)4-8-5-11-7-12-6-8/h5-7,10H,4H2,1-3H3. The lowest BCUT2D eigenvalue weighted by atomic mass is 9.97. The van der Waals surface area contributed by atoms with E-state index >= 15 is 0 Å². The highest BCUT2D eigenvalue weighted by Crippen LogP contribution is 2.09. The largest absolute Gasteiger partial charge is 0.314 e. The molecule has 0 saturated carbocycles. The predicted octanol–water partition coefficient (Wildman–Crippen LogP) is 1.02. The van der Waals surface area contributed by atoms with Crippen LogP contribution in [0.5, 0.6) is 0 Å². The Balaban J connectivity index is 2.64. The Morgan fingerprint density at radius 2 is 1.92 bits per heavy atom. The Hall–Kier alpha value is -0.960. The highest BCUT2D eigenvalue weighted by Gasteiger charge is 2.14. The van der Waals surface area contributed by atoms with Crippen molar-refractivity contribution in [1.29, 1.82) is 0 Å². The number of nitrogens with one attached hydrogen (secondary N) is 1. The molecule has 0 saturated heterocycles. The summed E-state index contributed by atoms with van der Waals surface area (Å²) in [5, 5.41) is 3.23. The van der Waals surface area contributed by atoms with Crippen LogP contribution in [-0.4, -0.2) is 22.6 Å². The van der Waals surface area contributed by atoms with E-state index in [1.54, 1.807) is 6.33 Å². The molecule has 1 aromatic heterocycles. The maximum atomic E-state index is 3.96. The van der Waals surface area contributed by atoms with Crippen LogP contribution in [-0.2, 0) is 6.42 Å². The molecule has 1 heterocycles. The Morgan fingerprint density at radius 3 is 2.42 bits per heavy atom. The zero-order valence-electron chi connectivity index (χ0n) is 7.83. The van der Waals surface area contributed by atoms with Gasteiger partial charge in [0.15, 0.2) is 0 Å². The summed E-state index contributed by atoms with van der Waals surface area (Å²) in [5.41, 5.74) is 1.28. The summed E-state index contributed by atoms with van der Waals surface area (Å²) in [6, 6.07) is 0. The van der Waals surface area contributed by atoms with Gasteiger partial charge in [0, 0.05) is 17.9 Å². The van der Waals surface area contributed by atoms with Crippen LogP contribution in [0.3, 0.4) is 0 Å². The van der Waals surface area contributed by atoms with Gasteiger partial charge in [0.2, 0.25) is 0 Å². The molecule has 1 rings (SSSR count). The molecule has 0 unspecified atom stereocenters. The Labute approximate surface area is 73.2 Å². The molecule has 0 bridgehead atoms. The van der Waals surface area contributed by atoms with E-state index < -0.39 is 0 Å². The minimum absolute atomic E-state index is 0.116. The second-order valence-corrected chi connectivity index (χ2v) is 3.56. The number of aromatic nitrogens is 2. The van der Waals surface area contributed by atoms with Crippen LogP contribution in [0.15, 0.2) is 18.7 Å². The normalized spacial score (nSPS) is 11.6. The molecule has 0 amide bonds. The Kier molecular flexibility index (Phi) is 2.76. The molecule has 0 aliphatic carbocycles. The monoisotopic (exact) mass is 165 g/mol. The predicted molar refractivity (Wildman–Crippen MR) is 48.9 cm³/mol. The van der Waals surface area contributed by atoms with Crippen LogP contribution < -0.4 is 5.32 Å². The summed E-state index contributed by atoms with van der Waals surface area (Å²) in [5.74, 6) is 0. The van der Waals surface area contributed by atoms with Crippen molar-refractivity contribution >= 4 is 0 Å². The summed E-state index contributed by atoms with van der Waals surface area (Å²) < 4.78 is 0. The van der Waals surface area contributed by atoms with E-state index in [1.165, 1.54) is 0 Å². The maximum absolute atomic E-state index is 3.96. The van der Waals surface area contributed by atoms with Crippen molar-refractivity contribution in [3.05, 3.63) is 24.3 Å². The minimum Gasteiger partial charge on any atom is -0.314 e. The smallest absolute Gasteiger partial charge is 0.115 e. The van der Waals surface area contributed by atoms with E-state index in [-0.39, 0.29) is 5.54 Å². The third kappa shape index (κ3) is 2.58. The van der Waals surface area contributed by atoms with Crippen molar-refractivity contribution in [2.24, 2.45) is 0 Å². The molecule has 0 fully saturated rings. The van der Waals surface area contributed by atoms with Gasteiger partial charge in [0.05, 0.1) is 0 Å². The highest BCUT2D eigenvalue weighted by molar-refractivity contribution is 5.06. The number of hydrogen-bond acceptors (Lipinski definition) is 3. The molecule has 3 heteroatoms. The van der Waals surface area contributed by atoms with Gasteiger partial charge in [0.25, 0.3) is 0 Å². The van der Waals surface area contributed by atoms with Crippen molar-refractivity contribution in [1.82, 2.24) is 15.3 Å². The summed E-state index contributed by atoms with van der Waals surface area (Å²) in [4.78, 5) is 7.93. The molecular formula is C9H15N3. The van der Waals surface area contributed by atoms with Crippen LogP contribution >= 0.6 is 0 Å². The Bertz CT molecular complexity index is 231. The second-order valence-electron chi connectivity index (χ2n) is 3.56. The second kappa shape index (κ2) is 3.63. The topological polar surface area (TPSA) is 37.8 Å². The van der Waals surface area contributed by atoms with Gasteiger partial charge >= 0.3 is 0 Å². The van der Waals surface area contributed by atoms with Gasteiger partial charge in [-0.15, -0.1) is 0 Å². The first-order valence-electron chi connectivity index (χ1n) is 4.07. The Morgan fingerprint density at radius 1 is 1.33 bits per heavy atom. The lowest BCUT2D eigenvalue weighted by Crippen LogP contribution is -2.38. The molecule has 0 aliphatic heterocycles. The first kappa shape index (κ1) is 9.13. The molecule has 1 aromatic rings. The van der Waals surface area contributed by atoms with Crippen molar-refractivity contribution in [2.45, 2.75) is 25.8 Å². The quantitative estimate of drug-likeness (QED) is 0.726. The van der Waals surface area contributed by atoms with Gasteiger partial charge in [-0.05, 0) is 32.9 Å². The fourth-order valence-corrected chi connectivity index (χ4v) is 1.02. The van der Waals surface area contributed by atoms with Crippen LogP contribution in [0.4, 0.5) is 0 Å². The van der Waals surface area contributed by atoms with Gasteiger partial charge in [-0.2, -0.15) is 0 Å². The van der Waals surface area contributed by atoms with Gasteiger partial charge < -0.3 is 5.32 Å². The van der Waals surface area contributed by atoms with Gasteiger partial charge in [-0.1, -0.05) is 0 Å². The number of likely N-dealkylation sites (N-methyl/N-ethyl adjacent to an activating group) is 1. The number of hydrogen-bond donors (Lipinski definition) is 1. The third-order valence-electron chi connectivity index (χ3n) is 1.94. The van der Waals surface area contributed by atoms with E-state index in [0.29, 0.717) is 0 Å². The zero-order chi connectivity index (χ0) is 9.03. The van der Waals surface area contributed by atoms with Crippen LogP contribution in [0.2, 0.25) is 0 Å². The lowest BCUT2D eigenvalue weighted by molar-refractivity contribution is 0.421. The molecule has 0 atom stereocenters. The van der Waals surface area contributed by atoms with Gasteiger partial charge in [0.1, 0.15) is 6.33 Å². The molecule has 0 radical (unpaired) electrons. The molecule has 1 N–H and O–H groups in total. The number of nitrogens with zero attached hydrogens (tertiary/aromatic N) is 2. The van der Waals surface area contributed by atoms with Crippen LogP contribution in [0, 0.1) is 0 Å². The summed E-state index contributed by atoms with van der Waals surface area (Å²) in [6.45, 7) is 4.31. The van der Waals surface area contributed by atoms with Crippen molar-refractivity contribution in [2.75, 3.05) is 7.05 Å². The molecule has 12 heavy (non-hydrogen) atoms. The van der Waals surface area contributed by atoms with E-state index in [0.717, 1.165) is 12.0 Å². The molecule has 0 aromatic carbocycles. The summed E-state index contributed by atoms with van der Waals surface area (Å²) >= 11 is 0. The van der Waals surface area contributed by atoms with Gasteiger partial charge in [-0.3, -0.25) is 0 Å². The van der Waals surface area contributed by atoms with E-state index in [1.807, 2.05) is 19.4 Å². The highest BCUT2D eigenvalue weighted by atomic mass is 14.9. The van der Waals surface area contributed by atoms with E-state index in [4.69, 9.17) is 0 Å². The zero-order valence-corrected chi connectivity index (χ0v) is 7.83.